The Morgan fingerprint density at radius 1 is 1.21 bits per heavy atom. The fraction of sp³-hybridized carbons (Fsp3) is 0.227. The number of halogens is 2. The third-order valence-corrected chi connectivity index (χ3v) is 5.40. The van der Waals surface area contributed by atoms with Crippen LogP contribution in [0.25, 0.3) is 17.0 Å². The van der Waals surface area contributed by atoms with Crippen LogP contribution in [0.4, 0.5) is 0 Å². The number of imidazole rings is 1. The zero-order valence-electron chi connectivity index (χ0n) is 16.7. The molecule has 0 fully saturated rings. The van der Waals surface area contributed by atoms with E-state index in [2.05, 4.69) is 26.8 Å². The van der Waals surface area contributed by atoms with Crippen LogP contribution in [0.3, 0.4) is 0 Å². The van der Waals surface area contributed by atoms with E-state index in [-0.39, 0.29) is 0 Å². The Bertz CT molecular complexity index is 1050. The highest BCUT2D eigenvalue weighted by Crippen LogP contribution is 2.33. The van der Waals surface area contributed by atoms with Gasteiger partial charge in [0.25, 0.3) is 0 Å². The summed E-state index contributed by atoms with van der Waals surface area (Å²) in [6.45, 7) is 6.12. The predicted molar refractivity (Wildman–Crippen MR) is 121 cm³/mol. The lowest BCUT2D eigenvalue weighted by Crippen LogP contribution is -2.03. The Hall–Kier alpha value is -2.63. The maximum Gasteiger partial charge on any atom is 0.145 e. The molecule has 0 spiro atoms. The van der Waals surface area contributed by atoms with Crippen LogP contribution in [0.1, 0.15) is 43.8 Å². The summed E-state index contributed by atoms with van der Waals surface area (Å²) in [5.41, 5.74) is 5.71. The Morgan fingerprint density at radius 3 is 2.59 bits per heavy atom. The molecular formula is C22H23Cl2N5. The van der Waals surface area contributed by atoms with Crippen molar-refractivity contribution in [3.63, 3.8) is 0 Å². The van der Waals surface area contributed by atoms with Gasteiger partial charge in [-0.1, -0.05) is 59.6 Å². The molecule has 3 rings (SSSR count). The minimum Gasteiger partial charge on any atom is -0.305 e. The number of rotatable bonds is 5. The molecule has 2 aromatic rings. The van der Waals surface area contributed by atoms with Crippen molar-refractivity contribution in [3.8, 4) is 5.69 Å². The normalized spacial score (nSPS) is 15.6. The average molecular weight is 428 g/mol. The van der Waals surface area contributed by atoms with Crippen molar-refractivity contribution in [1.82, 2.24) is 9.55 Å². The molecule has 1 aromatic heterocycles. The predicted octanol–water partition coefficient (Wildman–Crippen LogP) is 6.68. The molecule has 5 nitrogen and oxygen atoms in total. The van der Waals surface area contributed by atoms with Gasteiger partial charge < -0.3 is 5.84 Å². The van der Waals surface area contributed by atoms with Gasteiger partial charge in [-0.3, -0.25) is 4.57 Å². The van der Waals surface area contributed by atoms with E-state index in [0.29, 0.717) is 16.5 Å². The van der Waals surface area contributed by atoms with Crippen molar-refractivity contribution in [2.24, 2.45) is 16.2 Å². The molecule has 0 radical (unpaired) electrons. The quantitative estimate of drug-likeness (QED) is 0.328. The second kappa shape index (κ2) is 9.25. The van der Waals surface area contributed by atoms with Crippen LogP contribution >= 0.6 is 23.2 Å². The second-order valence-electron chi connectivity index (χ2n) is 6.74. The highest BCUT2D eigenvalue weighted by molar-refractivity contribution is 6.39. The van der Waals surface area contributed by atoms with Crippen LogP contribution < -0.4 is 5.84 Å². The topological polar surface area (TPSA) is 68.6 Å². The van der Waals surface area contributed by atoms with Gasteiger partial charge in [-0.25, -0.2) is 4.98 Å². The van der Waals surface area contributed by atoms with E-state index in [0.717, 1.165) is 46.0 Å². The van der Waals surface area contributed by atoms with Gasteiger partial charge in [-0.05, 0) is 50.5 Å². The molecule has 1 aliphatic rings. The lowest BCUT2D eigenvalue weighted by Gasteiger charge is -2.13. The summed E-state index contributed by atoms with van der Waals surface area (Å²) in [4.78, 5) is 4.61. The van der Waals surface area contributed by atoms with Crippen molar-refractivity contribution < 1.29 is 0 Å². The van der Waals surface area contributed by atoms with Crippen LogP contribution in [0.2, 0.25) is 0 Å². The van der Waals surface area contributed by atoms with E-state index in [1.54, 1.807) is 6.08 Å². The molecule has 0 amide bonds. The maximum atomic E-state index is 6.51. The summed E-state index contributed by atoms with van der Waals surface area (Å²) in [6.07, 6.45) is 9.11. The zero-order valence-corrected chi connectivity index (χ0v) is 18.2. The highest BCUT2D eigenvalue weighted by atomic mass is 35.5. The third kappa shape index (κ3) is 4.52. The van der Waals surface area contributed by atoms with Gasteiger partial charge in [0.2, 0.25) is 0 Å². The fourth-order valence-corrected chi connectivity index (χ4v) is 3.71. The summed E-state index contributed by atoms with van der Waals surface area (Å²) in [6, 6.07) is 8.09. The number of hydrogen-bond donors (Lipinski definition) is 1. The minimum atomic E-state index is 0.569. The Labute approximate surface area is 180 Å². The molecule has 0 bridgehead atoms. The van der Waals surface area contributed by atoms with Gasteiger partial charge in [0.05, 0.1) is 10.7 Å². The van der Waals surface area contributed by atoms with Crippen LogP contribution in [0.5, 0.6) is 0 Å². The zero-order chi connectivity index (χ0) is 21.0. The lowest BCUT2D eigenvalue weighted by molar-refractivity contribution is 0.978. The van der Waals surface area contributed by atoms with E-state index in [1.807, 2.05) is 56.5 Å². The lowest BCUT2D eigenvalue weighted by atomic mass is 10.1. The molecule has 0 atom stereocenters. The van der Waals surface area contributed by atoms with Crippen molar-refractivity contribution >= 4 is 34.5 Å². The smallest absolute Gasteiger partial charge is 0.145 e. The number of nitrogens with two attached hydrogens (primary N) is 1. The van der Waals surface area contributed by atoms with Gasteiger partial charge in [0.15, 0.2) is 0 Å². The van der Waals surface area contributed by atoms with E-state index in [4.69, 9.17) is 29.0 Å². The molecule has 150 valence electrons. The molecule has 29 heavy (non-hydrogen) atoms. The van der Waals surface area contributed by atoms with E-state index < -0.39 is 0 Å². The van der Waals surface area contributed by atoms with Crippen LogP contribution in [-0.2, 0) is 0 Å². The fourth-order valence-electron chi connectivity index (χ4n) is 3.18. The van der Waals surface area contributed by atoms with Crippen molar-refractivity contribution in [2.75, 3.05) is 0 Å². The van der Waals surface area contributed by atoms with Crippen LogP contribution in [-0.4, -0.2) is 9.55 Å². The van der Waals surface area contributed by atoms with E-state index >= 15 is 0 Å². The summed E-state index contributed by atoms with van der Waals surface area (Å²) < 4.78 is 2.07. The van der Waals surface area contributed by atoms with Gasteiger partial charge in [-0.2, -0.15) is 0 Å². The molecule has 0 aliphatic heterocycles. The Balaban J connectivity index is 2.05. The summed E-state index contributed by atoms with van der Waals surface area (Å²) in [7, 11) is 0. The van der Waals surface area contributed by atoms with Crippen molar-refractivity contribution in [2.45, 2.75) is 33.6 Å². The molecule has 2 N–H and O–H groups in total. The standard InChI is InChI=1S/C22H23Cl2N5/c1-4-14(2)21(27-28-25)16-8-10-18(11-9-16)29-15(3)13-26-22(29)19-7-5-6-17(23)12-20(19)24/h6-13H,4-5H2,1-3H3,(H2,25,27)/b21-14+. The molecule has 1 aliphatic carbocycles. The number of aromatic nitrogens is 2. The molecule has 0 saturated heterocycles. The molecule has 0 saturated carbocycles. The monoisotopic (exact) mass is 427 g/mol. The van der Waals surface area contributed by atoms with Gasteiger partial charge >= 0.3 is 0 Å². The van der Waals surface area contributed by atoms with Crippen LogP contribution in [0.15, 0.2) is 74.7 Å². The Morgan fingerprint density at radius 2 is 1.93 bits per heavy atom. The van der Waals surface area contributed by atoms with Gasteiger partial charge in [-0.15, -0.1) is 5.11 Å². The first-order chi connectivity index (χ1) is 14.0. The van der Waals surface area contributed by atoms with Crippen LogP contribution in [0, 0.1) is 6.92 Å². The van der Waals surface area contributed by atoms with E-state index in [9.17, 15) is 0 Å². The molecule has 1 heterocycles. The first kappa shape index (κ1) is 21.1. The number of hydrogen-bond acceptors (Lipinski definition) is 3. The number of benzene rings is 1. The van der Waals surface area contributed by atoms with E-state index in [1.165, 1.54) is 0 Å². The molecule has 0 unspecified atom stereocenters. The molecule has 1 aromatic carbocycles. The number of aryl methyl sites for hydroxylation is 1. The third-order valence-electron chi connectivity index (χ3n) is 4.83. The summed E-state index contributed by atoms with van der Waals surface area (Å²) in [5.74, 6) is 6.07. The maximum absolute atomic E-state index is 6.51. The van der Waals surface area contributed by atoms with Gasteiger partial charge in [0, 0.05) is 33.7 Å². The largest absolute Gasteiger partial charge is 0.305 e. The first-order valence-electron chi connectivity index (χ1n) is 9.35. The second-order valence-corrected chi connectivity index (χ2v) is 7.58. The first-order valence-corrected chi connectivity index (χ1v) is 10.1. The minimum absolute atomic E-state index is 0.569. The number of nitrogens with zero attached hydrogens (tertiary/aromatic N) is 4. The highest BCUT2D eigenvalue weighted by Gasteiger charge is 2.17. The average Bonchev–Trinajstić information content (AvgIpc) is 3.00. The molecule has 7 heteroatoms. The number of allylic oxidation sites excluding steroid dienone is 7. The SMILES string of the molecule is CC/C(C)=C(/N=NN)c1ccc(-n2c(C)cnc2C2=CCC=C(Cl)C=C2Cl)cc1. The van der Waals surface area contributed by atoms with Crippen molar-refractivity contribution in [1.29, 1.82) is 0 Å². The Kier molecular flexibility index (Phi) is 6.72. The summed E-state index contributed by atoms with van der Waals surface area (Å²) >= 11 is 12.7. The molecular weight excluding hydrogens is 405 g/mol. The summed E-state index contributed by atoms with van der Waals surface area (Å²) in [5, 5.41) is 8.77. The van der Waals surface area contributed by atoms with Gasteiger partial charge in [0.1, 0.15) is 5.82 Å². The van der Waals surface area contributed by atoms with Crippen molar-refractivity contribution in [3.05, 3.63) is 81.4 Å².